The molecule has 0 aliphatic rings. The Hall–Kier alpha value is -3.30. The number of nitrogens with zero attached hydrogens (tertiary/aromatic N) is 4. The molecule has 5 aromatic rings. The molecule has 4 heterocycles. The SMILES string of the molecule is Cc1ccnc(-n2c(SCc3nc4ccsc4c(=O)[nH]3)nc3ccccc3c2=O)c1. The molecule has 7 nitrogen and oxygen atoms in total. The first-order valence-corrected chi connectivity index (χ1v) is 11.0. The lowest BCUT2D eigenvalue weighted by Gasteiger charge is -2.12. The molecule has 0 atom stereocenters. The predicted octanol–water partition coefficient (Wildman–Crippen LogP) is 3.68. The molecule has 30 heavy (non-hydrogen) atoms. The largest absolute Gasteiger partial charge is 0.309 e. The fourth-order valence-electron chi connectivity index (χ4n) is 3.18. The number of pyridine rings is 1. The maximum atomic E-state index is 13.3. The lowest BCUT2D eigenvalue weighted by Crippen LogP contribution is -2.22. The summed E-state index contributed by atoms with van der Waals surface area (Å²) in [6.45, 7) is 1.95. The van der Waals surface area contributed by atoms with E-state index in [9.17, 15) is 9.59 Å². The summed E-state index contributed by atoms with van der Waals surface area (Å²) >= 11 is 2.69. The quantitative estimate of drug-likeness (QED) is 0.343. The maximum Gasteiger partial charge on any atom is 0.268 e. The first kappa shape index (κ1) is 18.7. The topological polar surface area (TPSA) is 93.5 Å². The van der Waals surface area contributed by atoms with Crippen molar-refractivity contribution in [1.29, 1.82) is 0 Å². The molecule has 0 saturated heterocycles. The van der Waals surface area contributed by atoms with Crippen LogP contribution in [0.15, 0.2) is 68.8 Å². The van der Waals surface area contributed by atoms with Crippen molar-refractivity contribution in [2.45, 2.75) is 17.8 Å². The third-order valence-electron chi connectivity index (χ3n) is 4.58. The van der Waals surface area contributed by atoms with Crippen LogP contribution in [0.3, 0.4) is 0 Å². The number of H-pyrrole nitrogens is 1. The number of nitrogens with one attached hydrogen (secondary N) is 1. The summed E-state index contributed by atoms with van der Waals surface area (Å²) in [7, 11) is 0. The molecule has 0 saturated carbocycles. The number of hydrogen-bond donors (Lipinski definition) is 1. The Morgan fingerprint density at radius 3 is 2.83 bits per heavy atom. The van der Waals surface area contributed by atoms with Crippen LogP contribution in [0.5, 0.6) is 0 Å². The van der Waals surface area contributed by atoms with Gasteiger partial charge in [-0.3, -0.25) is 9.59 Å². The molecule has 4 aromatic heterocycles. The molecule has 0 aliphatic carbocycles. The standard InChI is InChI=1S/C21H15N5O2S2/c1-12-6-8-22-17(10-12)26-20(28)13-4-2-3-5-14(13)24-21(26)30-11-16-23-15-7-9-29-18(15)19(27)25-16/h2-10H,11H2,1H3,(H,23,25,27). The second-order valence-corrected chi connectivity index (χ2v) is 8.54. The van der Waals surface area contributed by atoms with Crippen molar-refractivity contribution in [3.05, 3.63) is 86.1 Å². The highest BCUT2D eigenvalue weighted by molar-refractivity contribution is 7.98. The Labute approximate surface area is 178 Å². The third-order valence-corrected chi connectivity index (χ3v) is 6.43. The summed E-state index contributed by atoms with van der Waals surface area (Å²) in [6, 6.07) is 12.8. The molecule has 0 unspecified atom stereocenters. The number of para-hydroxylation sites is 1. The minimum Gasteiger partial charge on any atom is -0.309 e. The van der Waals surface area contributed by atoms with Gasteiger partial charge in [-0.1, -0.05) is 23.9 Å². The van der Waals surface area contributed by atoms with Gasteiger partial charge in [-0.15, -0.1) is 11.3 Å². The van der Waals surface area contributed by atoms with Crippen molar-refractivity contribution in [1.82, 2.24) is 24.5 Å². The molecule has 0 fully saturated rings. The van der Waals surface area contributed by atoms with Crippen LogP contribution in [0.4, 0.5) is 0 Å². The predicted molar refractivity (Wildman–Crippen MR) is 120 cm³/mol. The molecular weight excluding hydrogens is 418 g/mol. The highest BCUT2D eigenvalue weighted by atomic mass is 32.2. The monoisotopic (exact) mass is 433 g/mol. The smallest absolute Gasteiger partial charge is 0.268 e. The number of aromatic amines is 1. The van der Waals surface area contributed by atoms with Crippen molar-refractivity contribution < 1.29 is 0 Å². The van der Waals surface area contributed by atoms with Gasteiger partial charge in [0.1, 0.15) is 16.3 Å². The summed E-state index contributed by atoms with van der Waals surface area (Å²) in [5.41, 5.74) is 1.93. The molecule has 0 spiro atoms. The van der Waals surface area contributed by atoms with Crippen LogP contribution in [0, 0.1) is 6.92 Å². The van der Waals surface area contributed by atoms with E-state index in [4.69, 9.17) is 4.98 Å². The lowest BCUT2D eigenvalue weighted by atomic mass is 10.2. The fraction of sp³-hybridized carbons (Fsp3) is 0.0952. The lowest BCUT2D eigenvalue weighted by molar-refractivity contribution is 0.793. The van der Waals surface area contributed by atoms with E-state index in [0.717, 1.165) is 5.56 Å². The summed E-state index contributed by atoms with van der Waals surface area (Å²) < 4.78 is 2.12. The summed E-state index contributed by atoms with van der Waals surface area (Å²) in [6.07, 6.45) is 1.67. The van der Waals surface area contributed by atoms with Gasteiger partial charge < -0.3 is 4.98 Å². The van der Waals surface area contributed by atoms with Crippen molar-refractivity contribution in [2.24, 2.45) is 0 Å². The van der Waals surface area contributed by atoms with Gasteiger partial charge in [0.15, 0.2) is 5.16 Å². The number of aromatic nitrogens is 5. The highest BCUT2D eigenvalue weighted by Crippen LogP contribution is 2.24. The summed E-state index contributed by atoms with van der Waals surface area (Å²) in [4.78, 5) is 41.9. The average molecular weight is 434 g/mol. The number of benzene rings is 1. The van der Waals surface area contributed by atoms with Crippen LogP contribution in [-0.4, -0.2) is 24.5 Å². The third kappa shape index (κ3) is 3.31. The zero-order valence-electron chi connectivity index (χ0n) is 15.8. The van der Waals surface area contributed by atoms with Crippen LogP contribution in [0.2, 0.25) is 0 Å². The van der Waals surface area contributed by atoms with E-state index >= 15 is 0 Å². The van der Waals surface area contributed by atoms with Gasteiger partial charge in [-0.25, -0.2) is 19.5 Å². The van der Waals surface area contributed by atoms with Crippen LogP contribution in [-0.2, 0) is 5.75 Å². The van der Waals surface area contributed by atoms with Gasteiger partial charge >= 0.3 is 0 Å². The molecule has 0 amide bonds. The van der Waals surface area contributed by atoms with E-state index in [1.165, 1.54) is 27.7 Å². The van der Waals surface area contributed by atoms with Crippen LogP contribution >= 0.6 is 23.1 Å². The zero-order valence-corrected chi connectivity index (χ0v) is 17.5. The number of hydrogen-bond acceptors (Lipinski definition) is 7. The maximum absolute atomic E-state index is 13.3. The molecule has 1 N–H and O–H groups in total. The normalized spacial score (nSPS) is 11.4. The zero-order chi connectivity index (χ0) is 20.7. The number of thiophene rings is 1. The van der Waals surface area contributed by atoms with Gasteiger partial charge in [0, 0.05) is 6.20 Å². The Kier molecular flexibility index (Phi) is 4.68. The minimum atomic E-state index is -0.184. The molecule has 0 aliphatic heterocycles. The second-order valence-electron chi connectivity index (χ2n) is 6.68. The van der Waals surface area contributed by atoms with E-state index in [1.807, 2.05) is 48.7 Å². The fourth-order valence-corrected chi connectivity index (χ4v) is 4.77. The average Bonchev–Trinajstić information content (AvgIpc) is 3.22. The van der Waals surface area contributed by atoms with E-state index in [0.29, 0.717) is 43.7 Å². The van der Waals surface area contributed by atoms with Crippen molar-refractivity contribution in [3.63, 3.8) is 0 Å². The Morgan fingerprint density at radius 2 is 1.97 bits per heavy atom. The number of aryl methyl sites for hydroxylation is 1. The molecule has 0 bridgehead atoms. The van der Waals surface area contributed by atoms with E-state index in [1.54, 1.807) is 12.3 Å². The minimum absolute atomic E-state index is 0.158. The van der Waals surface area contributed by atoms with Gasteiger partial charge in [-0.2, -0.15) is 0 Å². The number of thioether (sulfide) groups is 1. The van der Waals surface area contributed by atoms with Crippen LogP contribution in [0.1, 0.15) is 11.4 Å². The first-order chi connectivity index (χ1) is 14.6. The van der Waals surface area contributed by atoms with E-state index in [-0.39, 0.29) is 11.1 Å². The van der Waals surface area contributed by atoms with Crippen molar-refractivity contribution in [2.75, 3.05) is 0 Å². The Balaban J connectivity index is 1.62. The van der Waals surface area contributed by atoms with Gasteiger partial charge in [0.05, 0.1) is 22.2 Å². The second kappa shape index (κ2) is 7.51. The summed E-state index contributed by atoms with van der Waals surface area (Å²) in [5, 5.41) is 2.86. The molecule has 148 valence electrons. The molecule has 5 rings (SSSR count). The molecule has 1 aromatic carbocycles. The van der Waals surface area contributed by atoms with Crippen molar-refractivity contribution >= 4 is 44.2 Å². The van der Waals surface area contributed by atoms with Crippen LogP contribution in [0.25, 0.3) is 26.9 Å². The van der Waals surface area contributed by atoms with Crippen LogP contribution < -0.4 is 11.1 Å². The number of rotatable bonds is 4. The Bertz CT molecular complexity index is 1520. The van der Waals surface area contributed by atoms with Crippen molar-refractivity contribution in [3.8, 4) is 5.82 Å². The summed E-state index contributed by atoms with van der Waals surface area (Å²) in [5.74, 6) is 1.40. The van der Waals surface area contributed by atoms with E-state index in [2.05, 4.69) is 15.0 Å². The first-order valence-electron chi connectivity index (χ1n) is 9.14. The van der Waals surface area contributed by atoms with Gasteiger partial charge in [-0.05, 0) is 48.2 Å². The van der Waals surface area contributed by atoms with E-state index < -0.39 is 0 Å². The highest BCUT2D eigenvalue weighted by Gasteiger charge is 2.15. The van der Waals surface area contributed by atoms with Gasteiger partial charge in [0.2, 0.25) is 0 Å². The number of fused-ring (bicyclic) bond motifs is 2. The molecular formula is C21H15N5O2S2. The molecule has 9 heteroatoms. The Morgan fingerprint density at radius 1 is 1.10 bits per heavy atom. The van der Waals surface area contributed by atoms with Gasteiger partial charge in [0.25, 0.3) is 11.1 Å². The molecule has 0 radical (unpaired) electrons.